The van der Waals surface area contributed by atoms with Gasteiger partial charge in [-0.15, -0.1) is 0 Å². The van der Waals surface area contributed by atoms with Crippen molar-refractivity contribution in [2.45, 2.75) is 78.2 Å². The van der Waals surface area contributed by atoms with Crippen LogP contribution in [0.2, 0.25) is 0 Å². The predicted molar refractivity (Wildman–Crippen MR) is 162 cm³/mol. The van der Waals surface area contributed by atoms with Crippen LogP contribution in [-0.4, -0.2) is 49.8 Å². The highest BCUT2D eigenvalue weighted by atomic mass is 32.2. The van der Waals surface area contributed by atoms with Crippen molar-refractivity contribution in [1.82, 2.24) is 5.32 Å². The smallest absolute Gasteiger partial charge is 0.224 e. The first kappa shape index (κ1) is 34.7. The number of hydrogen-bond donors (Lipinski definition) is 1. The molecule has 0 saturated carbocycles. The van der Waals surface area contributed by atoms with Crippen LogP contribution in [0.5, 0.6) is 0 Å². The lowest BCUT2D eigenvalue weighted by molar-refractivity contribution is -0.141. The molecule has 2 aromatic carbocycles. The van der Waals surface area contributed by atoms with E-state index in [4.69, 9.17) is 0 Å². The van der Waals surface area contributed by atoms with Gasteiger partial charge in [0.05, 0.1) is 16.9 Å². The lowest BCUT2D eigenvalue weighted by Crippen LogP contribution is -2.46. The van der Waals surface area contributed by atoms with E-state index in [0.717, 1.165) is 11.8 Å². The molecule has 0 unspecified atom stereocenters. The monoisotopic (exact) mass is 597 g/mol. The molecule has 228 valence electrons. The predicted octanol–water partition coefficient (Wildman–Crippen LogP) is 4.83. The average Bonchev–Trinajstić information content (AvgIpc) is 2.91. The van der Waals surface area contributed by atoms with Crippen LogP contribution in [0.15, 0.2) is 59.5 Å². The van der Waals surface area contributed by atoms with E-state index in [1.165, 1.54) is 25.1 Å². The normalized spacial score (nSPS) is 14.1. The summed E-state index contributed by atoms with van der Waals surface area (Å²) in [6.07, 6.45) is 1.04. The Morgan fingerprint density at radius 1 is 0.833 bits per heavy atom. The van der Waals surface area contributed by atoms with Gasteiger partial charge in [0, 0.05) is 37.0 Å². The van der Waals surface area contributed by atoms with Gasteiger partial charge in [0.2, 0.25) is 11.7 Å². The van der Waals surface area contributed by atoms with Crippen LogP contribution in [0.3, 0.4) is 0 Å². The topological polar surface area (TPSA) is 132 Å². The molecule has 3 atom stereocenters. The molecule has 0 aliphatic rings. The van der Waals surface area contributed by atoms with Gasteiger partial charge in [-0.25, -0.2) is 8.42 Å². The summed E-state index contributed by atoms with van der Waals surface area (Å²) in [4.78, 5) is 65.4. The number of carbonyl (C=O) groups is 5. The molecule has 2 rings (SSSR count). The number of nitrogens with one attached hydrogen (secondary N) is 1. The molecular weight excluding hydrogens is 554 g/mol. The molecule has 2 aromatic rings. The van der Waals surface area contributed by atoms with E-state index < -0.39 is 62.2 Å². The summed E-state index contributed by atoms with van der Waals surface area (Å²) < 4.78 is 24.4. The molecule has 0 saturated heterocycles. The van der Waals surface area contributed by atoms with Crippen LogP contribution >= 0.6 is 0 Å². The number of sulfone groups is 1. The second kappa shape index (κ2) is 14.6. The first-order chi connectivity index (χ1) is 19.4. The van der Waals surface area contributed by atoms with Crippen molar-refractivity contribution in [3.05, 3.63) is 65.7 Å². The van der Waals surface area contributed by atoms with Gasteiger partial charge < -0.3 is 5.32 Å². The van der Waals surface area contributed by atoms with Crippen molar-refractivity contribution in [3.63, 3.8) is 0 Å². The lowest BCUT2D eigenvalue weighted by Gasteiger charge is -2.30. The van der Waals surface area contributed by atoms with Crippen LogP contribution < -0.4 is 5.32 Å². The maximum Gasteiger partial charge on any atom is 0.224 e. The standard InChI is InChI=1S/C33H43NO7S/c1-21(2)25(31(38)27(35)18-17-23-13-9-8-10-14-23)19-28(36)22(3)34-32(39)26(33(4,5)6)20-29(37)24-15-11-12-16-30(24)42(7,40)41/h8-16,21-22,25-26H,17-20H2,1-7H3,(H,34,39)/t22-,25-,26+/m0/s1. The quantitative estimate of drug-likeness (QED) is 0.230. The molecule has 8 nitrogen and oxygen atoms in total. The molecule has 1 N–H and O–H groups in total. The minimum Gasteiger partial charge on any atom is -0.346 e. The third kappa shape index (κ3) is 9.82. The lowest BCUT2D eigenvalue weighted by atomic mass is 9.76. The third-order valence-electron chi connectivity index (χ3n) is 7.50. The highest BCUT2D eigenvalue weighted by molar-refractivity contribution is 7.90. The number of hydrogen-bond acceptors (Lipinski definition) is 7. The average molecular weight is 598 g/mol. The zero-order chi connectivity index (χ0) is 31.8. The Kier molecular flexibility index (Phi) is 12.1. The Labute approximate surface area is 249 Å². The SMILES string of the molecule is CC(C)[C@H](CC(=O)[C@H](C)NC(=O)[C@@H](CC(=O)c1ccccc1S(C)(=O)=O)C(C)(C)C)C(=O)C(=O)CCc1ccccc1. The van der Waals surface area contributed by atoms with Gasteiger partial charge >= 0.3 is 0 Å². The third-order valence-corrected chi connectivity index (χ3v) is 8.66. The number of Topliss-reactive ketones (excluding diaryl/α,β-unsaturated/α-hetero) is 4. The van der Waals surface area contributed by atoms with Crippen molar-refractivity contribution in [1.29, 1.82) is 0 Å². The molecule has 0 aliphatic carbocycles. The number of rotatable bonds is 15. The highest BCUT2D eigenvalue weighted by Gasteiger charge is 2.36. The molecule has 0 aliphatic heterocycles. The van der Waals surface area contributed by atoms with Crippen LogP contribution in [0.25, 0.3) is 0 Å². The van der Waals surface area contributed by atoms with Gasteiger partial charge in [0.15, 0.2) is 27.2 Å². The summed E-state index contributed by atoms with van der Waals surface area (Å²) in [5, 5.41) is 2.69. The summed E-state index contributed by atoms with van der Waals surface area (Å²) >= 11 is 0. The first-order valence-corrected chi connectivity index (χ1v) is 16.1. The Morgan fingerprint density at radius 2 is 1.40 bits per heavy atom. The van der Waals surface area contributed by atoms with E-state index in [1.54, 1.807) is 40.7 Å². The molecule has 1 amide bonds. The zero-order valence-electron chi connectivity index (χ0n) is 25.6. The van der Waals surface area contributed by atoms with E-state index in [9.17, 15) is 32.4 Å². The fourth-order valence-corrected chi connectivity index (χ4v) is 5.67. The van der Waals surface area contributed by atoms with E-state index in [1.807, 2.05) is 30.3 Å². The summed E-state index contributed by atoms with van der Waals surface area (Å²) in [6.45, 7) is 10.4. The van der Waals surface area contributed by atoms with E-state index in [0.29, 0.717) is 6.42 Å². The van der Waals surface area contributed by atoms with Crippen LogP contribution in [-0.2, 0) is 35.4 Å². The van der Waals surface area contributed by atoms with Crippen LogP contribution in [0, 0.1) is 23.2 Å². The highest BCUT2D eigenvalue weighted by Crippen LogP contribution is 2.31. The number of aryl methyl sites for hydroxylation is 1. The van der Waals surface area contributed by atoms with Gasteiger partial charge in [-0.3, -0.25) is 24.0 Å². The van der Waals surface area contributed by atoms with E-state index >= 15 is 0 Å². The van der Waals surface area contributed by atoms with Gasteiger partial charge in [-0.05, 0) is 36.3 Å². The van der Waals surface area contributed by atoms with E-state index in [2.05, 4.69) is 5.32 Å². The summed E-state index contributed by atoms with van der Waals surface area (Å²) in [5.41, 5.74) is 0.268. The Morgan fingerprint density at radius 3 is 1.95 bits per heavy atom. The maximum atomic E-state index is 13.4. The summed E-state index contributed by atoms with van der Waals surface area (Å²) in [5.74, 6) is -4.47. The molecule has 0 radical (unpaired) electrons. The molecule has 0 heterocycles. The van der Waals surface area contributed by atoms with Crippen molar-refractivity contribution in [2.24, 2.45) is 23.2 Å². The van der Waals surface area contributed by atoms with Gasteiger partial charge in [-0.1, -0.05) is 83.1 Å². The van der Waals surface area contributed by atoms with Crippen molar-refractivity contribution in [2.75, 3.05) is 6.26 Å². The van der Waals surface area contributed by atoms with Gasteiger partial charge in [-0.2, -0.15) is 0 Å². The molecule has 0 spiro atoms. The Bertz CT molecular complexity index is 1410. The summed E-state index contributed by atoms with van der Waals surface area (Å²) in [6, 6.07) is 14.3. The number of benzene rings is 2. The molecule has 42 heavy (non-hydrogen) atoms. The molecular formula is C33H43NO7S. The Hall–Kier alpha value is -3.46. The Balaban J connectivity index is 2.11. The summed E-state index contributed by atoms with van der Waals surface area (Å²) in [7, 11) is -3.67. The molecule has 0 aromatic heterocycles. The number of ketones is 4. The fourth-order valence-electron chi connectivity index (χ4n) is 4.76. The first-order valence-electron chi connectivity index (χ1n) is 14.2. The second-order valence-corrected chi connectivity index (χ2v) is 14.3. The second-order valence-electron chi connectivity index (χ2n) is 12.3. The van der Waals surface area contributed by atoms with Crippen molar-refractivity contribution < 1.29 is 32.4 Å². The minimum absolute atomic E-state index is 0.0152. The van der Waals surface area contributed by atoms with Crippen LogP contribution in [0.4, 0.5) is 0 Å². The van der Waals surface area contributed by atoms with Crippen molar-refractivity contribution >= 4 is 38.9 Å². The number of amides is 1. The fraction of sp³-hybridized carbons (Fsp3) is 0.485. The van der Waals surface area contributed by atoms with E-state index in [-0.39, 0.29) is 35.6 Å². The number of carbonyl (C=O) groups excluding carboxylic acids is 5. The molecule has 0 bridgehead atoms. The molecule has 9 heteroatoms. The molecule has 0 fully saturated rings. The van der Waals surface area contributed by atoms with Crippen molar-refractivity contribution in [3.8, 4) is 0 Å². The zero-order valence-corrected chi connectivity index (χ0v) is 26.4. The largest absolute Gasteiger partial charge is 0.346 e. The van der Waals surface area contributed by atoms with Gasteiger partial charge in [0.1, 0.15) is 0 Å². The van der Waals surface area contributed by atoms with Gasteiger partial charge in [0.25, 0.3) is 0 Å². The minimum atomic E-state index is -3.67. The maximum absolute atomic E-state index is 13.4. The van der Waals surface area contributed by atoms with Crippen LogP contribution in [0.1, 0.15) is 76.7 Å².